The fraction of sp³-hybridized carbons (Fsp3) is 0.562. The van der Waals surface area contributed by atoms with Gasteiger partial charge in [0, 0.05) is 13.6 Å². The van der Waals surface area contributed by atoms with Crippen molar-refractivity contribution in [3.63, 3.8) is 0 Å². The van der Waals surface area contributed by atoms with Crippen LogP contribution in [-0.2, 0) is 11.3 Å². The predicted molar refractivity (Wildman–Crippen MR) is 80.2 cm³/mol. The monoisotopic (exact) mass is 262 g/mol. The number of carbonyl (C=O) groups excluding carboxylic acids is 1. The maximum Gasteiger partial charge on any atom is 0.236 e. The second-order valence-corrected chi connectivity index (χ2v) is 5.08. The topological polar surface area (TPSA) is 32.3 Å². The Morgan fingerprint density at radius 1 is 1.26 bits per heavy atom. The third-order valence-electron chi connectivity index (χ3n) is 3.53. The summed E-state index contributed by atoms with van der Waals surface area (Å²) in [6.07, 6.45) is 1.15. The Balaban J connectivity index is 2.55. The minimum atomic E-state index is 0.132. The van der Waals surface area contributed by atoms with Gasteiger partial charge in [-0.15, -0.1) is 0 Å². The van der Waals surface area contributed by atoms with E-state index in [0.29, 0.717) is 19.0 Å². The summed E-state index contributed by atoms with van der Waals surface area (Å²) in [5.74, 6) is 0.731. The molecule has 106 valence electrons. The average Bonchev–Trinajstić information content (AvgIpc) is 2.44. The van der Waals surface area contributed by atoms with Gasteiger partial charge in [0.25, 0.3) is 0 Å². The van der Waals surface area contributed by atoms with E-state index in [2.05, 4.69) is 43.4 Å². The number of rotatable bonds is 7. The van der Waals surface area contributed by atoms with E-state index in [1.54, 1.807) is 4.90 Å². The molecule has 1 unspecified atom stereocenters. The molecule has 1 rings (SSSR count). The number of benzene rings is 1. The third-order valence-corrected chi connectivity index (χ3v) is 3.53. The molecular formula is C16H26N2O. The molecule has 1 amide bonds. The van der Waals surface area contributed by atoms with E-state index in [1.807, 2.05) is 14.0 Å². The maximum absolute atomic E-state index is 11.8. The average molecular weight is 262 g/mol. The maximum atomic E-state index is 11.8. The number of nitrogens with zero attached hydrogens (tertiary/aromatic N) is 1. The minimum Gasteiger partial charge on any atom is -0.340 e. The van der Waals surface area contributed by atoms with E-state index in [1.165, 1.54) is 11.1 Å². The molecule has 19 heavy (non-hydrogen) atoms. The molecule has 0 saturated heterocycles. The predicted octanol–water partition coefficient (Wildman–Crippen LogP) is 2.77. The quantitative estimate of drug-likeness (QED) is 0.819. The van der Waals surface area contributed by atoms with Crippen molar-refractivity contribution >= 4 is 5.91 Å². The van der Waals surface area contributed by atoms with Crippen molar-refractivity contribution in [2.45, 2.75) is 39.7 Å². The van der Waals surface area contributed by atoms with Crippen LogP contribution >= 0.6 is 0 Å². The van der Waals surface area contributed by atoms with E-state index in [0.717, 1.165) is 13.0 Å². The van der Waals surface area contributed by atoms with Gasteiger partial charge >= 0.3 is 0 Å². The van der Waals surface area contributed by atoms with Crippen molar-refractivity contribution in [3.8, 4) is 0 Å². The molecule has 0 aliphatic rings. The fourth-order valence-corrected chi connectivity index (χ4v) is 1.92. The standard InChI is InChI=1S/C16H26N2O/c1-5-13(3)15-9-7-14(8-10-15)12-18(4)16(19)11-17-6-2/h7-10,13,17H,5-6,11-12H2,1-4H3. The molecule has 0 aromatic heterocycles. The van der Waals surface area contributed by atoms with Crippen molar-refractivity contribution in [2.24, 2.45) is 0 Å². The Hall–Kier alpha value is -1.35. The van der Waals surface area contributed by atoms with Crippen molar-refractivity contribution in [1.29, 1.82) is 0 Å². The van der Waals surface area contributed by atoms with Gasteiger partial charge in [-0.25, -0.2) is 0 Å². The summed E-state index contributed by atoms with van der Waals surface area (Å²) in [7, 11) is 1.85. The largest absolute Gasteiger partial charge is 0.340 e. The first-order valence-corrected chi connectivity index (χ1v) is 7.12. The van der Waals surface area contributed by atoms with Gasteiger partial charge in [0.05, 0.1) is 6.54 Å². The number of hydrogen-bond acceptors (Lipinski definition) is 2. The van der Waals surface area contributed by atoms with Crippen molar-refractivity contribution in [1.82, 2.24) is 10.2 Å². The lowest BCUT2D eigenvalue weighted by Crippen LogP contribution is -2.35. The van der Waals surface area contributed by atoms with Crippen LogP contribution in [0.3, 0.4) is 0 Å². The van der Waals surface area contributed by atoms with E-state index in [4.69, 9.17) is 0 Å². The Kier molecular flexibility index (Phi) is 6.57. The Bertz CT molecular complexity index is 386. The van der Waals surface area contributed by atoms with Gasteiger partial charge in [-0.05, 0) is 30.0 Å². The molecule has 0 aliphatic carbocycles. The van der Waals surface area contributed by atoms with E-state index in [9.17, 15) is 4.79 Å². The van der Waals surface area contributed by atoms with Gasteiger partial charge < -0.3 is 10.2 Å². The molecule has 0 radical (unpaired) electrons. The van der Waals surface area contributed by atoms with Gasteiger partial charge in [0.1, 0.15) is 0 Å². The molecule has 3 nitrogen and oxygen atoms in total. The smallest absolute Gasteiger partial charge is 0.236 e. The number of nitrogens with one attached hydrogen (secondary N) is 1. The zero-order valence-corrected chi connectivity index (χ0v) is 12.6. The van der Waals surface area contributed by atoms with Crippen LogP contribution < -0.4 is 5.32 Å². The molecule has 1 N–H and O–H groups in total. The Labute approximate surface area is 117 Å². The summed E-state index contributed by atoms with van der Waals surface area (Å²) in [4.78, 5) is 13.6. The Morgan fingerprint density at radius 3 is 2.42 bits per heavy atom. The molecule has 0 heterocycles. The number of carbonyl (C=O) groups is 1. The highest BCUT2D eigenvalue weighted by atomic mass is 16.2. The fourth-order valence-electron chi connectivity index (χ4n) is 1.92. The number of likely N-dealkylation sites (N-methyl/N-ethyl adjacent to an activating group) is 2. The third kappa shape index (κ3) is 5.03. The molecule has 3 heteroatoms. The summed E-state index contributed by atoms with van der Waals surface area (Å²) in [5, 5.41) is 3.06. The second-order valence-electron chi connectivity index (χ2n) is 5.08. The zero-order chi connectivity index (χ0) is 14.3. The molecule has 1 aromatic rings. The van der Waals surface area contributed by atoms with Crippen LogP contribution in [0, 0.1) is 0 Å². The Morgan fingerprint density at radius 2 is 1.89 bits per heavy atom. The highest BCUT2D eigenvalue weighted by molar-refractivity contribution is 5.77. The lowest BCUT2D eigenvalue weighted by Gasteiger charge is -2.18. The molecule has 0 saturated carbocycles. The summed E-state index contributed by atoms with van der Waals surface area (Å²) in [5.41, 5.74) is 2.55. The van der Waals surface area contributed by atoms with E-state index >= 15 is 0 Å². The van der Waals surface area contributed by atoms with Crippen LogP contribution in [0.15, 0.2) is 24.3 Å². The van der Waals surface area contributed by atoms with Crippen LogP contribution in [0.25, 0.3) is 0 Å². The van der Waals surface area contributed by atoms with Crippen LogP contribution in [0.2, 0.25) is 0 Å². The first-order chi connectivity index (χ1) is 9.08. The molecule has 0 spiro atoms. The second kappa shape index (κ2) is 7.95. The molecule has 0 fully saturated rings. The zero-order valence-electron chi connectivity index (χ0n) is 12.6. The van der Waals surface area contributed by atoms with Gasteiger partial charge in [0.15, 0.2) is 0 Å². The molecule has 0 aliphatic heterocycles. The summed E-state index contributed by atoms with van der Waals surface area (Å²) >= 11 is 0. The van der Waals surface area contributed by atoms with Crippen LogP contribution in [0.4, 0.5) is 0 Å². The summed E-state index contributed by atoms with van der Waals surface area (Å²) in [6.45, 7) is 8.35. The number of amides is 1. The van der Waals surface area contributed by atoms with Crippen LogP contribution in [0.5, 0.6) is 0 Å². The lowest BCUT2D eigenvalue weighted by atomic mass is 9.97. The van der Waals surface area contributed by atoms with E-state index in [-0.39, 0.29) is 5.91 Å². The van der Waals surface area contributed by atoms with Crippen LogP contribution in [-0.4, -0.2) is 30.9 Å². The highest BCUT2D eigenvalue weighted by Gasteiger charge is 2.09. The first kappa shape index (κ1) is 15.7. The SMILES string of the molecule is CCNCC(=O)N(C)Cc1ccc(C(C)CC)cc1. The van der Waals surface area contributed by atoms with E-state index < -0.39 is 0 Å². The first-order valence-electron chi connectivity index (χ1n) is 7.12. The van der Waals surface area contributed by atoms with Gasteiger partial charge in [0.2, 0.25) is 5.91 Å². The normalized spacial score (nSPS) is 12.2. The van der Waals surface area contributed by atoms with Crippen molar-refractivity contribution in [2.75, 3.05) is 20.1 Å². The molecule has 0 bridgehead atoms. The molecule has 1 atom stereocenters. The number of hydrogen-bond donors (Lipinski definition) is 1. The van der Waals surface area contributed by atoms with Crippen molar-refractivity contribution in [3.05, 3.63) is 35.4 Å². The summed E-state index contributed by atoms with van der Waals surface area (Å²) in [6, 6.07) is 8.59. The summed E-state index contributed by atoms with van der Waals surface area (Å²) < 4.78 is 0. The van der Waals surface area contributed by atoms with Crippen molar-refractivity contribution < 1.29 is 4.79 Å². The molecule has 1 aromatic carbocycles. The highest BCUT2D eigenvalue weighted by Crippen LogP contribution is 2.19. The van der Waals surface area contributed by atoms with Gasteiger partial charge in [-0.3, -0.25) is 4.79 Å². The molecular weight excluding hydrogens is 236 g/mol. The van der Waals surface area contributed by atoms with Gasteiger partial charge in [-0.2, -0.15) is 0 Å². The van der Waals surface area contributed by atoms with Crippen LogP contribution in [0.1, 0.15) is 44.2 Å². The lowest BCUT2D eigenvalue weighted by molar-refractivity contribution is -0.129. The minimum absolute atomic E-state index is 0.132. The van der Waals surface area contributed by atoms with Gasteiger partial charge in [-0.1, -0.05) is 45.0 Å².